The number of methoxy groups -OCH3 is 1. The van der Waals surface area contributed by atoms with E-state index in [0.29, 0.717) is 60.1 Å². The second-order valence-corrected chi connectivity index (χ2v) is 8.36. The molecule has 0 saturated carbocycles. The number of hydrogen-bond acceptors (Lipinski definition) is 6. The molecule has 11 nitrogen and oxygen atoms in total. The van der Waals surface area contributed by atoms with E-state index in [4.69, 9.17) is 10.5 Å². The molecule has 1 aromatic carbocycles. The lowest BCUT2D eigenvalue weighted by Crippen LogP contribution is -2.40. The molecule has 0 radical (unpaired) electrons. The number of nitrogens with one attached hydrogen (secondary N) is 1. The minimum Gasteiger partial charge on any atom is -0.497 e. The lowest BCUT2D eigenvalue weighted by molar-refractivity contribution is -0.118. The number of hydrogen-bond donors (Lipinski definition) is 2. The van der Waals surface area contributed by atoms with E-state index in [1.807, 2.05) is 13.8 Å². The summed E-state index contributed by atoms with van der Waals surface area (Å²) in [7, 11) is 3.28. The van der Waals surface area contributed by atoms with Gasteiger partial charge < -0.3 is 15.5 Å². The maximum absolute atomic E-state index is 13.0. The molecular formula is C24H29N7O4. The highest BCUT2D eigenvalue weighted by Gasteiger charge is 2.26. The Morgan fingerprint density at radius 3 is 2.37 bits per heavy atom. The van der Waals surface area contributed by atoms with E-state index < -0.39 is 17.4 Å². The van der Waals surface area contributed by atoms with Crippen LogP contribution in [0.3, 0.4) is 0 Å². The predicted octanol–water partition coefficient (Wildman–Crippen LogP) is 1.73. The van der Waals surface area contributed by atoms with Gasteiger partial charge in [0.05, 0.1) is 12.8 Å². The number of primary amides is 1. The average molecular weight is 480 g/mol. The fourth-order valence-electron chi connectivity index (χ4n) is 4.26. The summed E-state index contributed by atoms with van der Waals surface area (Å²) in [6.45, 7) is 4.62. The van der Waals surface area contributed by atoms with Crippen LogP contribution in [0.5, 0.6) is 5.75 Å². The van der Waals surface area contributed by atoms with Crippen molar-refractivity contribution >= 4 is 17.1 Å². The SMILES string of the molecule is CCCn1c(=O)c2[nH]c(-c3cc(C(C(N)=O)c4ccc(OC)cc4)nn3C)nc2n(CCC)c1=O. The number of nitrogens with two attached hydrogens (primary N) is 1. The number of fused-ring (bicyclic) bond motifs is 1. The van der Waals surface area contributed by atoms with Crippen LogP contribution in [0.15, 0.2) is 39.9 Å². The Hall–Kier alpha value is -4.15. The van der Waals surface area contributed by atoms with Gasteiger partial charge in [-0.05, 0) is 36.6 Å². The van der Waals surface area contributed by atoms with Gasteiger partial charge in [0.25, 0.3) is 5.56 Å². The average Bonchev–Trinajstić information content (AvgIpc) is 3.44. The van der Waals surface area contributed by atoms with Crippen LogP contribution in [0.4, 0.5) is 0 Å². The van der Waals surface area contributed by atoms with Gasteiger partial charge in [0.15, 0.2) is 11.5 Å². The summed E-state index contributed by atoms with van der Waals surface area (Å²) in [4.78, 5) is 46.1. The van der Waals surface area contributed by atoms with Crippen molar-refractivity contribution in [3.05, 3.63) is 62.4 Å². The van der Waals surface area contributed by atoms with E-state index in [1.165, 1.54) is 9.13 Å². The van der Waals surface area contributed by atoms with Crippen LogP contribution in [0.25, 0.3) is 22.7 Å². The van der Waals surface area contributed by atoms with E-state index in [2.05, 4.69) is 15.1 Å². The summed E-state index contributed by atoms with van der Waals surface area (Å²) in [5.41, 5.74) is 7.18. The fourth-order valence-corrected chi connectivity index (χ4v) is 4.26. The Kier molecular flexibility index (Phi) is 6.59. The quantitative estimate of drug-likeness (QED) is 0.374. The van der Waals surface area contributed by atoms with Crippen molar-refractivity contribution in [2.45, 2.75) is 45.7 Å². The van der Waals surface area contributed by atoms with Crippen molar-refractivity contribution in [2.75, 3.05) is 7.11 Å². The maximum atomic E-state index is 13.0. The first-order valence-corrected chi connectivity index (χ1v) is 11.5. The van der Waals surface area contributed by atoms with Gasteiger partial charge in [-0.25, -0.2) is 9.78 Å². The van der Waals surface area contributed by atoms with Gasteiger partial charge in [0.2, 0.25) is 5.91 Å². The van der Waals surface area contributed by atoms with Crippen LogP contribution in [0, 0.1) is 0 Å². The Morgan fingerprint density at radius 1 is 1.11 bits per heavy atom. The smallest absolute Gasteiger partial charge is 0.332 e. The molecule has 0 aliphatic heterocycles. The van der Waals surface area contributed by atoms with Crippen LogP contribution in [0.1, 0.15) is 43.9 Å². The zero-order chi connectivity index (χ0) is 25.3. The lowest BCUT2D eigenvalue weighted by Gasteiger charge is -2.11. The molecule has 11 heteroatoms. The minimum atomic E-state index is -0.787. The molecule has 3 heterocycles. The van der Waals surface area contributed by atoms with Gasteiger partial charge in [-0.3, -0.25) is 23.4 Å². The van der Waals surface area contributed by atoms with Crippen LogP contribution in [-0.4, -0.2) is 41.9 Å². The third-order valence-electron chi connectivity index (χ3n) is 5.93. The lowest BCUT2D eigenvalue weighted by atomic mass is 9.95. The zero-order valence-electron chi connectivity index (χ0n) is 20.2. The number of carbonyl (C=O) groups excluding carboxylic acids is 1. The first-order valence-electron chi connectivity index (χ1n) is 11.5. The first kappa shape index (κ1) is 24.0. The topological polar surface area (TPSA) is 143 Å². The molecule has 184 valence electrons. The van der Waals surface area contributed by atoms with Gasteiger partial charge >= 0.3 is 5.69 Å². The molecule has 4 rings (SSSR count). The van der Waals surface area contributed by atoms with Crippen LogP contribution >= 0.6 is 0 Å². The fraction of sp³-hybridized carbons (Fsp3) is 0.375. The number of ether oxygens (including phenoxy) is 1. The van der Waals surface area contributed by atoms with Gasteiger partial charge in [0.1, 0.15) is 22.9 Å². The number of aromatic nitrogens is 6. The first-order chi connectivity index (χ1) is 16.8. The van der Waals surface area contributed by atoms with Crippen molar-refractivity contribution in [3.8, 4) is 17.3 Å². The number of rotatable bonds is 9. The molecule has 0 bridgehead atoms. The molecule has 1 unspecified atom stereocenters. The number of imidazole rings is 1. The Morgan fingerprint density at radius 2 is 1.77 bits per heavy atom. The van der Waals surface area contributed by atoms with Crippen molar-refractivity contribution in [1.29, 1.82) is 0 Å². The maximum Gasteiger partial charge on any atom is 0.332 e. The summed E-state index contributed by atoms with van der Waals surface area (Å²) in [6, 6.07) is 8.75. The molecule has 0 aliphatic rings. The highest BCUT2D eigenvalue weighted by atomic mass is 16.5. The third kappa shape index (κ3) is 4.25. The van der Waals surface area contributed by atoms with Crippen LogP contribution in [0.2, 0.25) is 0 Å². The van der Waals surface area contributed by atoms with E-state index in [0.717, 1.165) is 0 Å². The molecule has 4 aromatic rings. The Bertz CT molecular complexity index is 1490. The molecule has 0 aliphatic carbocycles. The van der Waals surface area contributed by atoms with Crippen LogP contribution in [-0.2, 0) is 24.9 Å². The monoisotopic (exact) mass is 479 g/mol. The summed E-state index contributed by atoms with van der Waals surface area (Å²) >= 11 is 0. The van der Waals surface area contributed by atoms with Crippen molar-refractivity contribution in [1.82, 2.24) is 28.9 Å². The number of carbonyl (C=O) groups is 1. The van der Waals surface area contributed by atoms with Gasteiger partial charge in [-0.1, -0.05) is 26.0 Å². The highest BCUT2D eigenvalue weighted by Crippen LogP contribution is 2.28. The standard InChI is InChI=1S/C24H29N7O4/c1-5-11-30-22-19(23(33)31(12-6-2)24(30)34)26-21(27-22)17-13-16(28-29(17)3)18(20(25)32)14-7-9-15(35-4)10-8-14/h7-10,13,18H,5-6,11-12H2,1-4H3,(H2,25,32)(H,26,27). The molecule has 3 N–H and O–H groups in total. The van der Waals surface area contributed by atoms with Crippen molar-refractivity contribution < 1.29 is 9.53 Å². The van der Waals surface area contributed by atoms with E-state index in [9.17, 15) is 14.4 Å². The number of amides is 1. The number of benzene rings is 1. The molecule has 1 atom stereocenters. The second-order valence-electron chi connectivity index (χ2n) is 8.36. The van der Waals surface area contributed by atoms with Crippen molar-refractivity contribution in [2.24, 2.45) is 12.8 Å². The summed E-state index contributed by atoms with van der Waals surface area (Å²) in [5, 5.41) is 4.52. The van der Waals surface area contributed by atoms with E-state index in [-0.39, 0.29) is 11.2 Å². The van der Waals surface area contributed by atoms with Crippen LogP contribution < -0.4 is 21.7 Å². The Balaban J connectivity index is 1.85. The zero-order valence-corrected chi connectivity index (χ0v) is 20.2. The molecule has 0 spiro atoms. The van der Waals surface area contributed by atoms with E-state index in [1.54, 1.807) is 49.2 Å². The summed E-state index contributed by atoms with van der Waals surface area (Å²) in [6.07, 6.45) is 1.36. The molecule has 35 heavy (non-hydrogen) atoms. The summed E-state index contributed by atoms with van der Waals surface area (Å²) in [5.74, 6) is -0.309. The third-order valence-corrected chi connectivity index (χ3v) is 5.93. The Labute approximate surface area is 201 Å². The number of aryl methyl sites for hydroxylation is 2. The second kappa shape index (κ2) is 9.61. The molecular weight excluding hydrogens is 450 g/mol. The largest absolute Gasteiger partial charge is 0.497 e. The molecule has 1 amide bonds. The van der Waals surface area contributed by atoms with Crippen molar-refractivity contribution in [3.63, 3.8) is 0 Å². The van der Waals surface area contributed by atoms with Gasteiger partial charge in [-0.2, -0.15) is 5.10 Å². The number of nitrogens with zero attached hydrogens (tertiary/aromatic N) is 5. The molecule has 3 aromatic heterocycles. The summed E-state index contributed by atoms with van der Waals surface area (Å²) < 4.78 is 9.52. The highest BCUT2D eigenvalue weighted by molar-refractivity contribution is 5.85. The minimum absolute atomic E-state index is 0.255. The predicted molar refractivity (Wildman–Crippen MR) is 131 cm³/mol. The van der Waals surface area contributed by atoms with Gasteiger partial charge in [0, 0.05) is 20.1 Å². The molecule has 0 fully saturated rings. The number of H-pyrrole nitrogens is 1. The molecule has 0 saturated heterocycles. The normalized spacial score (nSPS) is 12.2. The van der Waals surface area contributed by atoms with Gasteiger partial charge in [-0.15, -0.1) is 0 Å². The number of aromatic amines is 1. The van der Waals surface area contributed by atoms with E-state index >= 15 is 0 Å².